The Balaban J connectivity index is 0.00000144. The van der Waals surface area contributed by atoms with Gasteiger partial charge >= 0.3 is 5.97 Å². The fourth-order valence-corrected chi connectivity index (χ4v) is 1.85. The first-order valence-corrected chi connectivity index (χ1v) is 5.48. The number of carbonyl (C=O) groups excluding carboxylic acids is 1. The average Bonchev–Trinajstić information content (AvgIpc) is 2.30. The van der Waals surface area contributed by atoms with Crippen LogP contribution in [0, 0.1) is 0 Å². The van der Waals surface area contributed by atoms with Crippen molar-refractivity contribution in [1.82, 2.24) is 10.6 Å². The molecule has 0 aromatic heterocycles. The normalized spacial score (nSPS) is 19.2. The Bertz CT molecular complexity index is 379. The van der Waals surface area contributed by atoms with Crippen LogP contribution in [0.15, 0.2) is 24.3 Å². The molecule has 1 atom stereocenters. The van der Waals surface area contributed by atoms with Crippen molar-refractivity contribution in [2.24, 2.45) is 0 Å². The predicted octanol–water partition coefficient (Wildman–Crippen LogP) is 1.27. The van der Waals surface area contributed by atoms with E-state index in [-0.39, 0.29) is 18.4 Å². The van der Waals surface area contributed by atoms with E-state index in [4.69, 9.17) is 4.74 Å². The van der Waals surface area contributed by atoms with E-state index in [1.54, 1.807) is 6.07 Å². The number of benzene rings is 1. The van der Waals surface area contributed by atoms with Crippen LogP contribution in [-0.4, -0.2) is 25.6 Å². The molecule has 1 aliphatic heterocycles. The fraction of sp³-hybridized carbons (Fsp3) is 0.417. The molecule has 4 nitrogen and oxygen atoms in total. The minimum absolute atomic E-state index is 0. The number of esters is 1. The van der Waals surface area contributed by atoms with Crippen LogP contribution >= 0.6 is 12.4 Å². The maximum Gasteiger partial charge on any atom is 0.308 e. The number of carbonyl (C=O) groups is 1. The Morgan fingerprint density at radius 2 is 2.24 bits per heavy atom. The summed E-state index contributed by atoms with van der Waals surface area (Å²) < 4.78 is 5.06. The van der Waals surface area contributed by atoms with E-state index in [2.05, 4.69) is 10.6 Å². The van der Waals surface area contributed by atoms with Gasteiger partial charge in [-0.3, -0.25) is 4.79 Å². The van der Waals surface area contributed by atoms with Crippen LogP contribution in [0.1, 0.15) is 18.5 Å². The van der Waals surface area contributed by atoms with Crippen molar-refractivity contribution >= 4 is 18.4 Å². The molecule has 0 aliphatic carbocycles. The third-order valence-electron chi connectivity index (χ3n) is 2.56. The summed E-state index contributed by atoms with van der Waals surface area (Å²) in [6.45, 7) is 4.28. The molecule has 1 aromatic carbocycles. The van der Waals surface area contributed by atoms with Crippen molar-refractivity contribution in [2.45, 2.75) is 13.0 Å². The topological polar surface area (TPSA) is 50.4 Å². The first kappa shape index (κ1) is 14.0. The van der Waals surface area contributed by atoms with E-state index in [0.29, 0.717) is 11.8 Å². The molecule has 0 radical (unpaired) electrons. The molecule has 2 N–H and O–H groups in total. The van der Waals surface area contributed by atoms with Crippen LogP contribution in [0.2, 0.25) is 0 Å². The standard InChI is InChI=1S/C12H16N2O2.ClH/c1-9(15)16-11-4-2-3-10(7-11)12-8-13-5-6-14-12;/h2-4,7,12-14H,5-6,8H2,1H3;1H/t12-;/m1./s1. The zero-order chi connectivity index (χ0) is 11.4. The summed E-state index contributed by atoms with van der Waals surface area (Å²) in [5, 5.41) is 6.74. The largest absolute Gasteiger partial charge is 0.427 e. The van der Waals surface area contributed by atoms with E-state index >= 15 is 0 Å². The van der Waals surface area contributed by atoms with E-state index in [1.165, 1.54) is 6.92 Å². The lowest BCUT2D eigenvalue weighted by Crippen LogP contribution is -2.42. The summed E-state index contributed by atoms with van der Waals surface area (Å²) in [5.74, 6) is 0.323. The molecule has 0 bridgehead atoms. The molecular formula is C12H17ClN2O2. The lowest BCUT2D eigenvalue weighted by atomic mass is 10.1. The van der Waals surface area contributed by atoms with Crippen LogP contribution in [0.5, 0.6) is 5.75 Å². The molecule has 1 aromatic rings. The quantitative estimate of drug-likeness (QED) is 0.618. The number of piperazine rings is 1. The molecule has 1 saturated heterocycles. The minimum atomic E-state index is -0.285. The molecule has 0 spiro atoms. The molecule has 0 saturated carbocycles. The van der Waals surface area contributed by atoms with Gasteiger partial charge in [0, 0.05) is 32.6 Å². The van der Waals surface area contributed by atoms with Gasteiger partial charge in [0.05, 0.1) is 0 Å². The third-order valence-corrected chi connectivity index (χ3v) is 2.56. The zero-order valence-electron chi connectivity index (χ0n) is 9.73. The van der Waals surface area contributed by atoms with Crippen LogP contribution in [-0.2, 0) is 4.79 Å². The Kier molecular flexibility index (Phi) is 5.41. The number of hydrogen-bond donors (Lipinski definition) is 2. The predicted molar refractivity (Wildman–Crippen MR) is 68.6 cm³/mol. The summed E-state index contributed by atoms with van der Waals surface area (Å²) in [7, 11) is 0. The van der Waals surface area contributed by atoms with Crippen LogP contribution in [0.3, 0.4) is 0 Å². The lowest BCUT2D eigenvalue weighted by molar-refractivity contribution is -0.131. The molecule has 5 heteroatoms. The first-order chi connectivity index (χ1) is 7.75. The highest BCUT2D eigenvalue weighted by molar-refractivity contribution is 5.85. The van der Waals surface area contributed by atoms with E-state index < -0.39 is 0 Å². The van der Waals surface area contributed by atoms with Crippen molar-refractivity contribution < 1.29 is 9.53 Å². The summed E-state index contributed by atoms with van der Waals surface area (Å²) in [6, 6.07) is 7.94. The Labute approximate surface area is 107 Å². The first-order valence-electron chi connectivity index (χ1n) is 5.48. The zero-order valence-corrected chi connectivity index (χ0v) is 10.5. The van der Waals surface area contributed by atoms with Gasteiger partial charge in [-0.2, -0.15) is 0 Å². The number of ether oxygens (including phenoxy) is 1. The van der Waals surface area contributed by atoms with Crippen LogP contribution in [0.25, 0.3) is 0 Å². The number of rotatable bonds is 2. The lowest BCUT2D eigenvalue weighted by Gasteiger charge is -2.25. The summed E-state index contributed by atoms with van der Waals surface area (Å²) in [5.41, 5.74) is 1.14. The highest BCUT2D eigenvalue weighted by atomic mass is 35.5. The number of halogens is 1. The van der Waals surface area contributed by atoms with Gasteiger partial charge in [0.25, 0.3) is 0 Å². The van der Waals surface area contributed by atoms with Gasteiger partial charge in [-0.25, -0.2) is 0 Å². The molecule has 1 aliphatic rings. The number of hydrogen-bond acceptors (Lipinski definition) is 4. The molecule has 94 valence electrons. The number of nitrogens with one attached hydrogen (secondary N) is 2. The maximum atomic E-state index is 10.9. The SMILES string of the molecule is CC(=O)Oc1cccc([C@H]2CNCCN2)c1.Cl. The van der Waals surface area contributed by atoms with Gasteiger partial charge in [-0.1, -0.05) is 12.1 Å². The van der Waals surface area contributed by atoms with Crippen LogP contribution in [0.4, 0.5) is 0 Å². The molecule has 17 heavy (non-hydrogen) atoms. The summed E-state index contributed by atoms with van der Waals surface area (Å²) >= 11 is 0. The van der Waals surface area contributed by atoms with Crippen molar-refractivity contribution in [2.75, 3.05) is 19.6 Å². The van der Waals surface area contributed by atoms with Gasteiger partial charge in [-0.05, 0) is 17.7 Å². The molecular weight excluding hydrogens is 240 g/mol. The maximum absolute atomic E-state index is 10.9. The molecule has 2 rings (SSSR count). The van der Waals surface area contributed by atoms with E-state index in [9.17, 15) is 4.79 Å². The highest BCUT2D eigenvalue weighted by Gasteiger charge is 2.14. The Morgan fingerprint density at radius 1 is 1.41 bits per heavy atom. The Morgan fingerprint density at radius 3 is 2.88 bits per heavy atom. The van der Waals surface area contributed by atoms with Gasteiger partial charge in [0.1, 0.15) is 5.75 Å². The second kappa shape index (κ2) is 6.59. The van der Waals surface area contributed by atoms with Crippen molar-refractivity contribution in [3.8, 4) is 5.75 Å². The molecule has 1 fully saturated rings. The summed E-state index contributed by atoms with van der Waals surface area (Å²) in [4.78, 5) is 10.9. The Hall–Kier alpha value is -1.10. The fourth-order valence-electron chi connectivity index (χ4n) is 1.85. The summed E-state index contributed by atoms with van der Waals surface area (Å²) in [6.07, 6.45) is 0. The second-order valence-electron chi connectivity index (χ2n) is 3.88. The molecule has 1 heterocycles. The average molecular weight is 257 g/mol. The van der Waals surface area contributed by atoms with Gasteiger partial charge in [-0.15, -0.1) is 12.4 Å². The van der Waals surface area contributed by atoms with Crippen LogP contribution < -0.4 is 15.4 Å². The second-order valence-corrected chi connectivity index (χ2v) is 3.88. The van der Waals surface area contributed by atoms with Gasteiger partial charge in [0.2, 0.25) is 0 Å². The van der Waals surface area contributed by atoms with E-state index in [0.717, 1.165) is 25.2 Å². The third kappa shape index (κ3) is 4.00. The minimum Gasteiger partial charge on any atom is -0.427 e. The van der Waals surface area contributed by atoms with Crippen molar-refractivity contribution in [1.29, 1.82) is 0 Å². The molecule has 0 amide bonds. The van der Waals surface area contributed by atoms with Crippen molar-refractivity contribution in [3.63, 3.8) is 0 Å². The monoisotopic (exact) mass is 256 g/mol. The van der Waals surface area contributed by atoms with E-state index in [1.807, 2.05) is 18.2 Å². The van der Waals surface area contributed by atoms with Gasteiger partial charge < -0.3 is 15.4 Å². The van der Waals surface area contributed by atoms with Gasteiger partial charge in [0.15, 0.2) is 0 Å². The molecule has 0 unspecified atom stereocenters. The smallest absolute Gasteiger partial charge is 0.308 e. The van der Waals surface area contributed by atoms with Crippen molar-refractivity contribution in [3.05, 3.63) is 29.8 Å². The highest BCUT2D eigenvalue weighted by Crippen LogP contribution is 2.19.